The van der Waals surface area contributed by atoms with E-state index in [1.807, 2.05) is 0 Å². The maximum absolute atomic E-state index is 13.2. The van der Waals surface area contributed by atoms with Gasteiger partial charge < -0.3 is 10.2 Å². The molecule has 0 bridgehead atoms. The van der Waals surface area contributed by atoms with Crippen LogP contribution in [0.1, 0.15) is 40.5 Å². The molecule has 0 amide bonds. The van der Waals surface area contributed by atoms with Crippen LogP contribution in [0.15, 0.2) is 18.2 Å². The molecule has 0 fully saturated rings. The minimum atomic E-state index is -0.427. The van der Waals surface area contributed by atoms with Crippen LogP contribution in [0, 0.1) is 5.82 Å². The number of rotatable bonds is 5. The van der Waals surface area contributed by atoms with Crippen molar-refractivity contribution in [1.29, 1.82) is 0 Å². The summed E-state index contributed by atoms with van der Waals surface area (Å²) in [6.45, 7) is 8.57. The van der Waals surface area contributed by atoms with Crippen LogP contribution in [0.2, 0.25) is 5.02 Å². The molecule has 2 atom stereocenters. The van der Waals surface area contributed by atoms with Crippen molar-refractivity contribution in [1.82, 2.24) is 4.90 Å². The molecule has 20 heavy (non-hydrogen) atoms. The minimum Gasteiger partial charge on any atom is -0.344 e. The van der Waals surface area contributed by atoms with E-state index < -0.39 is 5.82 Å². The van der Waals surface area contributed by atoms with E-state index in [1.165, 1.54) is 6.07 Å². The summed E-state index contributed by atoms with van der Waals surface area (Å²) in [7, 11) is 0. The van der Waals surface area contributed by atoms with Gasteiger partial charge in [-0.2, -0.15) is 0 Å². The zero-order valence-corrected chi connectivity index (χ0v) is 14.0. The average Bonchev–Trinajstić information content (AvgIpc) is 2.42. The van der Waals surface area contributed by atoms with Gasteiger partial charge >= 0.3 is 0 Å². The Bertz CT molecular complexity index is 457. The van der Waals surface area contributed by atoms with Gasteiger partial charge in [0.1, 0.15) is 5.82 Å². The van der Waals surface area contributed by atoms with E-state index in [0.29, 0.717) is 22.9 Å². The molecule has 0 aliphatic rings. The van der Waals surface area contributed by atoms with E-state index in [1.54, 1.807) is 12.1 Å². The second kappa shape index (κ2) is 7.79. The van der Waals surface area contributed by atoms with Gasteiger partial charge in [-0.25, -0.2) is 4.39 Å². The number of nitrogens with one attached hydrogen (secondary N) is 1. The van der Waals surface area contributed by atoms with Crippen LogP contribution < -0.4 is 5.32 Å². The molecule has 0 aliphatic carbocycles. The van der Waals surface area contributed by atoms with Gasteiger partial charge in [0, 0.05) is 17.8 Å². The topological polar surface area (TPSA) is 15.3 Å². The molecule has 0 aromatic heterocycles. The van der Waals surface area contributed by atoms with Crippen molar-refractivity contribution in [2.45, 2.75) is 52.6 Å². The van der Waals surface area contributed by atoms with Crippen molar-refractivity contribution in [3.05, 3.63) is 29.0 Å². The Hall–Kier alpha value is -0.870. The fraction of sp³-hybridized carbons (Fsp3) is 0.533. The molecule has 1 N–H and O–H groups in total. The molecule has 112 valence electrons. The molecule has 0 heterocycles. The zero-order chi connectivity index (χ0) is 15.3. The second-order valence-electron chi connectivity index (χ2n) is 4.98. The SMILES string of the molecule is CCC(C)N(C(=S)Nc1ccc(F)c(Cl)c1)C(C)CC. The van der Waals surface area contributed by atoms with Gasteiger partial charge in [-0.15, -0.1) is 0 Å². The summed E-state index contributed by atoms with van der Waals surface area (Å²) in [6.07, 6.45) is 2.02. The molecule has 0 spiro atoms. The number of hydrogen-bond acceptors (Lipinski definition) is 1. The summed E-state index contributed by atoms with van der Waals surface area (Å²) in [5.41, 5.74) is 0.706. The Balaban J connectivity index is 2.87. The van der Waals surface area contributed by atoms with Gasteiger partial charge in [0.05, 0.1) is 5.02 Å². The predicted molar refractivity (Wildman–Crippen MR) is 89.0 cm³/mol. The Kier molecular flexibility index (Phi) is 6.69. The van der Waals surface area contributed by atoms with Crippen molar-refractivity contribution < 1.29 is 4.39 Å². The summed E-state index contributed by atoms with van der Waals surface area (Å²) in [6, 6.07) is 5.22. The maximum atomic E-state index is 13.2. The summed E-state index contributed by atoms with van der Waals surface area (Å²) < 4.78 is 13.2. The van der Waals surface area contributed by atoms with Crippen molar-refractivity contribution in [2.75, 3.05) is 5.32 Å². The molecule has 1 aromatic carbocycles. The highest BCUT2D eigenvalue weighted by Crippen LogP contribution is 2.21. The molecule has 0 saturated heterocycles. The molecule has 2 nitrogen and oxygen atoms in total. The predicted octanol–water partition coefficient (Wildman–Crippen LogP) is 5.07. The molecule has 0 aliphatic heterocycles. The Morgan fingerprint density at radius 2 is 1.85 bits per heavy atom. The number of benzene rings is 1. The van der Waals surface area contributed by atoms with E-state index in [9.17, 15) is 4.39 Å². The number of halogens is 2. The third-order valence-corrected chi connectivity index (χ3v) is 4.14. The van der Waals surface area contributed by atoms with Crippen molar-refractivity contribution in [3.63, 3.8) is 0 Å². The van der Waals surface area contributed by atoms with Crippen LogP contribution in [-0.4, -0.2) is 22.1 Å². The third-order valence-electron chi connectivity index (χ3n) is 3.54. The quantitative estimate of drug-likeness (QED) is 0.763. The highest BCUT2D eigenvalue weighted by molar-refractivity contribution is 7.80. The largest absolute Gasteiger partial charge is 0.344 e. The van der Waals surface area contributed by atoms with E-state index in [4.69, 9.17) is 23.8 Å². The summed E-state index contributed by atoms with van der Waals surface area (Å²) >= 11 is 11.3. The first-order valence-corrected chi connectivity index (χ1v) is 7.73. The highest BCUT2D eigenvalue weighted by atomic mass is 35.5. The normalized spacial score (nSPS) is 13.7. The van der Waals surface area contributed by atoms with Gasteiger partial charge in [-0.3, -0.25) is 0 Å². The van der Waals surface area contributed by atoms with Crippen LogP contribution in [-0.2, 0) is 0 Å². The van der Waals surface area contributed by atoms with Crippen molar-refractivity contribution in [2.24, 2.45) is 0 Å². The molecule has 1 aromatic rings. The Labute approximate surface area is 131 Å². The fourth-order valence-corrected chi connectivity index (χ4v) is 2.65. The molecular formula is C15H22ClFN2S. The number of nitrogens with zero attached hydrogens (tertiary/aromatic N) is 1. The first kappa shape index (κ1) is 17.2. The van der Waals surface area contributed by atoms with E-state index >= 15 is 0 Å². The molecule has 0 radical (unpaired) electrons. The van der Waals surface area contributed by atoms with E-state index in [0.717, 1.165) is 12.8 Å². The lowest BCUT2D eigenvalue weighted by atomic mass is 10.1. The van der Waals surface area contributed by atoms with Gasteiger partial charge in [-0.05, 0) is 57.1 Å². The van der Waals surface area contributed by atoms with Gasteiger partial charge in [-0.1, -0.05) is 25.4 Å². The van der Waals surface area contributed by atoms with E-state index in [2.05, 4.69) is 37.9 Å². The van der Waals surface area contributed by atoms with Crippen molar-refractivity contribution >= 4 is 34.6 Å². The minimum absolute atomic E-state index is 0.0939. The van der Waals surface area contributed by atoms with Crippen LogP contribution in [0.3, 0.4) is 0 Å². The molecule has 1 rings (SSSR count). The lowest BCUT2D eigenvalue weighted by Crippen LogP contribution is -2.46. The number of hydrogen-bond donors (Lipinski definition) is 1. The van der Waals surface area contributed by atoms with Crippen LogP contribution in [0.4, 0.5) is 10.1 Å². The van der Waals surface area contributed by atoms with Crippen molar-refractivity contribution in [3.8, 4) is 0 Å². The maximum Gasteiger partial charge on any atom is 0.173 e. The lowest BCUT2D eigenvalue weighted by Gasteiger charge is -2.36. The van der Waals surface area contributed by atoms with Crippen LogP contribution in [0.25, 0.3) is 0 Å². The third kappa shape index (κ3) is 4.32. The van der Waals surface area contributed by atoms with Crippen LogP contribution >= 0.6 is 23.8 Å². The second-order valence-corrected chi connectivity index (χ2v) is 5.77. The Morgan fingerprint density at radius 3 is 2.30 bits per heavy atom. The summed E-state index contributed by atoms with van der Waals surface area (Å²) in [4.78, 5) is 2.19. The summed E-state index contributed by atoms with van der Waals surface area (Å²) in [5, 5.41) is 3.89. The average molecular weight is 317 g/mol. The number of thiocarbonyl (C=S) groups is 1. The first-order valence-electron chi connectivity index (χ1n) is 6.95. The standard InChI is InChI=1S/C15H22ClFN2S/c1-5-10(3)19(11(4)6-2)15(20)18-12-7-8-14(17)13(16)9-12/h7-11H,5-6H2,1-4H3,(H,18,20). The zero-order valence-electron chi connectivity index (χ0n) is 12.4. The lowest BCUT2D eigenvalue weighted by molar-refractivity contribution is 0.254. The van der Waals surface area contributed by atoms with Gasteiger partial charge in [0.15, 0.2) is 5.11 Å². The Morgan fingerprint density at radius 1 is 1.30 bits per heavy atom. The van der Waals surface area contributed by atoms with Gasteiger partial charge in [0.2, 0.25) is 0 Å². The molecule has 0 saturated carbocycles. The molecule has 2 unspecified atom stereocenters. The highest BCUT2D eigenvalue weighted by Gasteiger charge is 2.20. The molecular weight excluding hydrogens is 295 g/mol. The van der Waals surface area contributed by atoms with Gasteiger partial charge in [0.25, 0.3) is 0 Å². The first-order chi connectivity index (χ1) is 9.40. The molecule has 5 heteroatoms. The monoisotopic (exact) mass is 316 g/mol. The van der Waals surface area contributed by atoms with Crippen LogP contribution in [0.5, 0.6) is 0 Å². The smallest absolute Gasteiger partial charge is 0.173 e. The summed E-state index contributed by atoms with van der Waals surface area (Å²) in [5.74, 6) is -0.427. The number of anilines is 1. The fourth-order valence-electron chi connectivity index (χ4n) is 1.99. The van der Waals surface area contributed by atoms with E-state index in [-0.39, 0.29) is 5.02 Å².